The number of carbonyl (C=O) groups is 4. The number of imide groups is 2. The number of aromatic nitrogens is 1. The normalized spacial score (nSPS) is 19.1. The molecule has 5 amide bonds. The first-order chi connectivity index (χ1) is 16.3. The summed E-state index contributed by atoms with van der Waals surface area (Å²) >= 11 is 9.86. The van der Waals surface area contributed by atoms with Gasteiger partial charge in [0.05, 0.1) is 32.9 Å². The lowest BCUT2D eigenvalue weighted by Crippen LogP contribution is -2.58. The molecule has 34 heavy (non-hydrogen) atoms. The van der Waals surface area contributed by atoms with Crippen molar-refractivity contribution in [3.63, 3.8) is 0 Å². The summed E-state index contributed by atoms with van der Waals surface area (Å²) in [6, 6.07) is 4.40. The summed E-state index contributed by atoms with van der Waals surface area (Å²) in [6.45, 7) is 3.74. The van der Waals surface area contributed by atoms with E-state index in [4.69, 9.17) is 11.6 Å². The Morgan fingerprint density at radius 1 is 0.971 bits per heavy atom. The molecule has 10 nitrogen and oxygen atoms in total. The van der Waals surface area contributed by atoms with Crippen molar-refractivity contribution < 1.29 is 19.2 Å². The number of amides is 5. The van der Waals surface area contributed by atoms with Gasteiger partial charge in [0.2, 0.25) is 5.91 Å². The molecule has 176 valence electrons. The molecule has 2 aromatic rings. The summed E-state index contributed by atoms with van der Waals surface area (Å²) in [5.74, 6) is -1.56. The molecule has 0 atom stereocenters. The number of hydrazine groups is 1. The number of anilines is 1. The number of carbonyl (C=O) groups excluding carboxylic acids is 4. The molecule has 0 saturated carbocycles. The lowest BCUT2D eigenvalue weighted by Gasteiger charge is -2.36. The van der Waals surface area contributed by atoms with Crippen LogP contribution in [-0.2, 0) is 11.3 Å². The number of nitrogens with zero attached hydrogens (tertiary/aromatic N) is 5. The van der Waals surface area contributed by atoms with E-state index in [0.717, 1.165) is 51.9 Å². The van der Waals surface area contributed by atoms with Gasteiger partial charge in [0.1, 0.15) is 0 Å². The van der Waals surface area contributed by atoms with Gasteiger partial charge in [0.25, 0.3) is 11.8 Å². The van der Waals surface area contributed by atoms with Crippen molar-refractivity contribution >= 4 is 57.0 Å². The highest BCUT2D eigenvalue weighted by Crippen LogP contribution is 2.33. The van der Waals surface area contributed by atoms with Gasteiger partial charge < -0.3 is 4.90 Å². The van der Waals surface area contributed by atoms with Crippen LogP contribution in [0, 0.1) is 0 Å². The zero-order valence-electron chi connectivity index (χ0n) is 18.0. The molecule has 0 spiro atoms. The quantitative estimate of drug-likeness (QED) is 0.586. The van der Waals surface area contributed by atoms with Gasteiger partial charge in [-0.2, -0.15) is 5.01 Å². The minimum absolute atomic E-state index is 0.0229. The molecule has 2 saturated heterocycles. The lowest BCUT2D eigenvalue weighted by atomic mass is 10.1. The van der Waals surface area contributed by atoms with Gasteiger partial charge >= 0.3 is 6.03 Å². The van der Waals surface area contributed by atoms with Crippen LogP contribution in [0.15, 0.2) is 35.1 Å². The molecule has 2 fully saturated rings. The summed E-state index contributed by atoms with van der Waals surface area (Å²) in [7, 11) is 0. The van der Waals surface area contributed by atoms with Gasteiger partial charge in [0.15, 0.2) is 0 Å². The predicted octanol–water partition coefficient (Wildman–Crippen LogP) is 2.27. The number of hydrogen-bond donors (Lipinski definition) is 1. The van der Waals surface area contributed by atoms with Crippen molar-refractivity contribution in [1.29, 1.82) is 0 Å². The Hall–Kier alpha value is -3.02. The van der Waals surface area contributed by atoms with Crippen molar-refractivity contribution in [2.24, 2.45) is 0 Å². The Labute approximate surface area is 208 Å². The molecule has 0 aliphatic carbocycles. The molecule has 4 heterocycles. The Bertz CT molecular complexity index is 1200. The maximum atomic E-state index is 13.0. The van der Waals surface area contributed by atoms with Gasteiger partial charge in [-0.1, -0.05) is 17.7 Å². The van der Waals surface area contributed by atoms with E-state index in [1.54, 1.807) is 24.5 Å². The zero-order chi connectivity index (χ0) is 24.0. The first-order valence-corrected chi connectivity index (χ1v) is 11.9. The topological polar surface area (TPSA) is 106 Å². The number of rotatable bonds is 4. The molecule has 3 aliphatic rings. The van der Waals surface area contributed by atoms with Gasteiger partial charge in [-0.15, -0.1) is 0 Å². The van der Waals surface area contributed by atoms with Gasteiger partial charge in [-0.3, -0.25) is 29.6 Å². The highest BCUT2D eigenvalue weighted by molar-refractivity contribution is 9.10. The Balaban J connectivity index is 1.26. The van der Waals surface area contributed by atoms with Crippen molar-refractivity contribution in [2.45, 2.75) is 13.0 Å². The standard InChI is InChI=1S/C22H20BrClN6O4/c23-16-10-25-11-17(24)19(16)28-7-5-27(6-8-28)12-13-1-2-14-15(9-13)21(33)30(20(14)32)29-4-3-18(31)26-22(29)34/h1-2,9-11H,3-8,12H2,(H,26,31,34). The highest BCUT2D eigenvalue weighted by atomic mass is 79.9. The van der Waals surface area contributed by atoms with Crippen LogP contribution < -0.4 is 10.2 Å². The Morgan fingerprint density at radius 2 is 1.71 bits per heavy atom. The second-order valence-corrected chi connectivity index (χ2v) is 9.51. The minimum Gasteiger partial charge on any atom is -0.367 e. The molecule has 0 radical (unpaired) electrons. The number of hydrogen-bond acceptors (Lipinski definition) is 7. The van der Waals surface area contributed by atoms with Crippen molar-refractivity contribution in [1.82, 2.24) is 25.2 Å². The largest absolute Gasteiger partial charge is 0.367 e. The van der Waals surface area contributed by atoms with Crippen LogP contribution in [0.1, 0.15) is 32.7 Å². The van der Waals surface area contributed by atoms with Crippen LogP contribution in [-0.4, -0.2) is 76.4 Å². The van der Waals surface area contributed by atoms with Crippen molar-refractivity contribution in [2.75, 3.05) is 37.6 Å². The molecule has 0 bridgehead atoms. The van der Waals surface area contributed by atoms with E-state index in [1.165, 1.54) is 0 Å². The van der Waals surface area contributed by atoms with Crippen molar-refractivity contribution in [3.05, 3.63) is 56.8 Å². The fourth-order valence-electron chi connectivity index (χ4n) is 4.43. The summed E-state index contributed by atoms with van der Waals surface area (Å²) in [6.07, 6.45) is 3.38. The molecule has 0 unspecified atom stereocenters. The second kappa shape index (κ2) is 8.97. The van der Waals surface area contributed by atoms with E-state index in [1.807, 2.05) is 6.07 Å². The maximum Gasteiger partial charge on any atom is 0.343 e. The molecule has 3 aliphatic heterocycles. The number of fused-ring (bicyclic) bond motifs is 1. The van der Waals surface area contributed by atoms with Gasteiger partial charge in [-0.25, -0.2) is 9.80 Å². The number of benzene rings is 1. The summed E-state index contributed by atoms with van der Waals surface area (Å²) in [4.78, 5) is 58.0. The van der Waals surface area contributed by atoms with Crippen LogP contribution >= 0.6 is 27.5 Å². The molecule has 1 aromatic heterocycles. The summed E-state index contributed by atoms with van der Waals surface area (Å²) < 4.78 is 0.853. The summed E-state index contributed by atoms with van der Waals surface area (Å²) in [5, 5.41) is 4.55. The van der Waals surface area contributed by atoms with E-state index in [-0.39, 0.29) is 24.1 Å². The van der Waals surface area contributed by atoms with Crippen LogP contribution in [0.4, 0.5) is 10.5 Å². The highest BCUT2D eigenvalue weighted by Gasteiger charge is 2.43. The average molecular weight is 548 g/mol. The average Bonchev–Trinajstić information content (AvgIpc) is 3.05. The summed E-state index contributed by atoms with van der Waals surface area (Å²) in [5.41, 5.74) is 2.34. The maximum absolute atomic E-state index is 13.0. The molecule has 1 N–H and O–H groups in total. The third-order valence-corrected chi connectivity index (χ3v) is 6.98. The number of halogens is 2. The lowest BCUT2D eigenvalue weighted by molar-refractivity contribution is -0.122. The van der Waals surface area contributed by atoms with Gasteiger partial charge in [0, 0.05) is 51.5 Å². The number of urea groups is 1. The van der Waals surface area contributed by atoms with Crippen molar-refractivity contribution in [3.8, 4) is 0 Å². The first-order valence-electron chi connectivity index (χ1n) is 10.7. The number of pyridine rings is 1. The SMILES string of the molecule is O=C1CCN(N2C(=O)c3ccc(CN4CCN(c5c(Cl)cncc5Br)CC4)cc3C2=O)C(=O)N1. The Morgan fingerprint density at radius 3 is 2.41 bits per heavy atom. The van der Waals surface area contributed by atoms with E-state index in [9.17, 15) is 19.2 Å². The van der Waals surface area contributed by atoms with Crippen LogP contribution in [0.5, 0.6) is 0 Å². The molecule has 5 rings (SSSR count). The predicted molar refractivity (Wildman–Crippen MR) is 126 cm³/mol. The number of nitrogens with one attached hydrogen (secondary N) is 1. The smallest absolute Gasteiger partial charge is 0.343 e. The molecular formula is C22H20BrClN6O4. The molecule has 12 heteroatoms. The van der Waals surface area contributed by atoms with E-state index < -0.39 is 23.8 Å². The monoisotopic (exact) mass is 546 g/mol. The van der Waals surface area contributed by atoms with Crippen LogP contribution in [0.25, 0.3) is 0 Å². The fourth-order valence-corrected chi connectivity index (χ4v) is 5.41. The third-order valence-electron chi connectivity index (χ3n) is 6.13. The van der Waals surface area contributed by atoms with E-state index in [0.29, 0.717) is 11.6 Å². The second-order valence-electron chi connectivity index (χ2n) is 8.24. The number of piperazine rings is 1. The third kappa shape index (κ3) is 4.04. The first kappa shape index (κ1) is 22.8. The molecule has 1 aromatic carbocycles. The van der Waals surface area contributed by atoms with Crippen LogP contribution in [0.3, 0.4) is 0 Å². The van der Waals surface area contributed by atoms with E-state index >= 15 is 0 Å². The zero-order valence-corrected chi connectivity index (χ0v) is 20.3. The van der Waals surface area contributed by atoms with Crippen LogP contribution in [0.2, 0.25) is 5.02 Å². The molecular weight excluding hydrogens is 528 g/mol. The fraction of sp³-hybridized carbons (Fsp3) is 0.318. The van der Waals surface area contributed by atoms with E-state index in [2.05, 4.69) is 36.0 Å². The Kier molecular flexibility index (Phi) is 6.00. The van der Waals surface area contributed by atoms with Gasteiger partial charge in [-0.05, 0) is 33.6 Å². The minimum atomic E-state index is -0.773.